The minimum absolute atomic E-state index is 0.0673. The van der Waals surface area contributed by atoms with Crippen molar-refractivity contribution in [3.05, 3.63) is 41.8 Å². The van der Waals surface area contributed by atoms with Gasteiger partial charge in [-0.05, 0) is 43.0 Å². The second kappa shape index (κ2) is 8.65. The topological polar surface area (TPSA) is 85.2 Å². The molecule has 0 spiro atoms. The van der Waals surface area contributed by atoms with E-state index in [0.29, 0.717) is 23.4 Å². The molecule has 0 bridgehead atoms. The van der Waals surface area contributed by atoms with Gasteiger partial charge in [0.05, 0.1) is 24.7 Å². The number of aryl methyl sites for hydroxylation is 1. The fraction of sp³-hybridized carbons (Fsp3) is 0.400. The number of hydrogen-bond acceptors (Lipinski definition) is 6. The molecular weight excluding hydrogens is 392 g/mol. The maximum absolute atomic E-state index is 12.6. The minimum Gasteiger partial charge on any atom is -0.493 e. The van der Waals surface area contributed by atoms with E-state index in [2.05, 4.69) is 20.4 Å². The summed E-state index contributed by atoms with van der Waals surface area (Å²) in [6.45, 7) is 2.33. The van der Waals surface area contributed by atoms with E-state index in [9.17, 15) is 4.79 Å². The number of piperidine rings is 1. The number of halogens is 1. The minimum atomic E-state index is 0.0673. The van der Waals surface area contributed by atoms with E-state index < -0.39 is 0 Å². The molecule has 0 unspecified atom stereocenters. The molecule has 0 radical (unpaired) electrons. The zero-order chi connectivity index (χ0) is 20.2. The number of aromatic nitrogens is 4. The van der Waals surface area contributed by atoms with E-state index in [1.165, 1.54) is 6.33 Å². The second-order valence-corrected chi connectivity index (χ2v) is 7.61. The van der Waals surface area contributed by atoms with Crippen LogP contribution in [0.3, 0.4) is 0 Å². The highest BCUT2D eigenvalue weighted by Gasteiger charge is 2.23. The van der Waals surface area contributed by atoms with Gasteiger partial charge in [-0.25, -0.2) is 9.97 Å². The highest BCUT2D eigenvalue weighted by atomic mass is 35.5. The molecule has 1 saturated heterocycles. The predicted molar refractivity (Wildman–Crippen MR) is 111 cm³/mol. The van der Waals surface area contributed by atoms with Gasteiger partial charge in [0.15, 0.2) is 5.65 Å². The van der Waals surface area contributed by atoms with Crippen molar-refractivity contribution in [3.8, 4) is 5.75 Å². The Morgan fingerprint density at radius 1 is 1.24 bits per heavy atom. The van der Waals surface area contributed by atoms with Gasteiger partial charge in [-0.2, -0.15) is 5.10 Å². The summed E-state index contributed by atoms with van der Waals surface area (Å²) in [5.41, 5.74) is 0.733. The molecule has 8 nitrogen and oxygen atoms in total. The van der Waals surface area contributed by atoms with E-state index in [4.69, 9.17) is 16.3 Å². The lowest BCUT2D eigenvalue weighted by molar-refractivity contribution is -0.130. The summed E-state index contributed by atoms with van der Waals surface area (Å²) in [4.78, 5) is 22.9. The first-order valence-electron chi connectivity index (χ1n) is 9.63. The van der Waals surface area contributed by atoms with Crippen molar-refractivity contribution in [3.63, 3.8) is 0 Å². The molecule has 1 N–H and O–H groups in total. The van der Waals surface area contributed by atoms with Gasteiger partial charge in [0, 0.05) is 25.2 Å². The van der Waals surface area contributed by atoms with Crippen LogP contribution < -0.4 is 10.1 Å². The standard InChI is InChI=1S/C20H23ClN6O2/c1-26-20-17(10-25-26)19(23-13-24-20)22-11-18(28)27-8-6-14(7-9-27)12-29-16-4-2-15(21)3-5-16/h2-5,10,13-14H,6-9,11-12H2,1H3,(H,22,23,24). The lowest BCUT2D eigenvalue weighted by Crippen LogP contribution is -2.42. The van der Waals surface area contributed by atoms with Gasteiger partial charge in [-0.1, -0.05) is 11.6 Å². The van der Waals surface area contributed by atoms with Crippen molar-refractivity contribution in [2.24, 2.45) is 13.0 Å². The van der Waals surface area contributed by atoms with Crippen LogP contribution in [0.2, 0.25) is 5.02 Å². The van der Waals surface area contributed by atoms with Crippen LogP contribution in [0, 0.1) is 5.92 Å². The maximum Gasteiger partial charge on any atom is 0.241 e. The first-order chi connectivity index (χ1) is 14.1. The largest absolute Gasteiger partial charge is 0.493 e. The highest BCUT2D eigenvalue weighted by Crippen LogP contribution is 2.21. The van der Waals surface area contributed by atoms with Gasteiger partial charge in [-0.15, -0.1) is 0 Å². The number of anilines is 1. The Balaban J connectivity index is 1.24. The number of rotatable bonds is 6. The van der Waals surface area contributed by atoms with Crippen LogP contribution in [-0.2, 0) is 11.8 Å². The first kappa shape index (κ1) is 19.4. The lowest BCUT2D eigenvalue weighted by Gasteiger charge is -2.32. The molecule has 0 saturated carbocycles. The molecule has 1 aliphatic heterocycles. The summed E-state index contributed by atoms with van der Waals surface area (Å²) in [6.07, 6.45) is 5.04. The zero-order valence-electron chi connectivity index (χ0n) is 16.2. The average molecular weight is 415 g/mol. The molecule has 1 aromatic carbocycles. The average Bonchev–Trinajstić information content (AvgIpc) is 3.13. The maximum atomic E-state index is 12.6. The fourth-order valence-electron chi connectivity index (χ4n) is 3.47. The van der Waals surface area contributed by atoms with Crippen LogP contribution in [0.5, 0.6) is 5.75 Å². The molecule has 29 heavy (non-hydrogen) atoms. The number of fused-ring (bicyclic) bond motifs is 1. The number of likely N-dealkylation sites (tertiary alicyclic amines) is 1. The van der Waals surface area contributed by atoms with Gasteiger partial charge >= 0.3 is 0 Å². The summed E-state index contributed by atoms with van der Waals surface area (Å²) in [6, 6.07) is 7.39. The molecular formula is C20H23ClN6O2. The van der Waals surface area contributed by atoms with Crippen molar-refractivity contribution in [1.29, 1.82) is 0 Å². The Kier molecular flexibility index (Phi) is 5.80. The van der Waals surface area contributed by atoms with Gasteiger partial charge < -0.3 is 15.0 Å². The molecule has 0 aliphatic carbocycles. The van der Waals surface area contributed by atoms with Gasteiger partial charge in [0.1, 0.15) is 17.9 Å². The lowest BCUT2D eigenvalue weighted by atomic mass is 9.98. The smallest absolute Gasteiger partial charge is 0.241 e. The van der Waals surface area contributed by atoms with E-state index >= 15 is 0 Å². The van der Waals surface area contributed by atoms with Crippen LogP contribution in [0.1, 0.15) is 12.8 Å². The Morgan fingerprint density at radius 2 is 2.00 bits per heavy atom. The summed E-state index contributed by atoms with van der Waals surface area (Å²) in [5.74, 6) is 1.96. The van der Waals surface area contributed by atoms with Crippen molar-refractivity contribution in [2.75, 3.05) is 31.6 Å². The molecule has 9 heteroatoms. The molecule has 3 heterocycles. The van der Waals surface area contributed by atoms with Crippen molar-refractivity contribution in [2.45, 2.75) is 12.8 Å². The van der Waals surface area contributed by atoms with Crippen molar-refractivity contribution in [1.82, 2.24) is 24.6 Å². The van der Waals surface area contributed by atoms with E-state index in [-0.39, 0.29) is 12.5 Å². The first-order valence-corrected chi connectivity index (χ1v) is 10.0. The summed E-state index contributed by atoms with van der Waals surface area (Å²) >= 11 is 5.89. The van der Waals surface area contributed by atoms with Crippen LogP contribution in [-0.4, -0.2) is 56.8 Å². The highest BCUT2D eigenvalue weighted by molar-refractivity contribution is 6.30. The summed E-state index contributed by atoms with van der Waals surface area (Å²) in [7, 11) is 1.82. The van der Waals surface area contributed by atoms with Crippen LogP contribution in [0.4, 0.5) is 5.82 Å². The number of carbonyl (C=O) groups is 1. The van der Waals surface area contributed by atoms with Crippen molar-refractivity contribution < 1.29 is 9.53 Å². The van der Waals surface area contributed by atoms with Gasteiger partial charge in [0.25, 0.3) is 0 Å². The van der Waals surface area contributed by atoms with Gasteiger partial charge in [0.2, 0.25) is 5.91 Å². The van der Waals surface area contributed by atoms with E-state index in [0.717, 1.165) is 42.7 Å². The van der Waals surface area contributed by atoms with Gasteiger partial charge in [-0.3, -0.25) is 9.48 Å². The quantitative estimate of drug-likeness (QED) is 0.667. The second-order valence-electron chi connectivity index (χ2n) is 7.17. The third-order valence-electron chi connectivity index (χ3n) is 5.20. The number of carbonyl (C=O) groups excluding carboxylic acids is 1. The molecule has 1 amide bonds. The number of benzene rings is 1. The Hall–Kier alpha value is -2.87. The molecule has 0 atom stereocenters. The fourth-order valence-corrected chi connectivity index (χ4v) is 3.59. The van der Waals surface area contributed by atoms with Crippen molar-refractivity contribution >= 4 is 34.4 Å². The molecule has 3 aromatic rings. The summed E-state index contributed by atoms with van der Waals surface area (Å²) in [5, 5.41) is 8.82. The molecule has 1 aliphatic rings. The Bertz CT molecular complexity index is 982. The summed E-state index contributed by atoms with van der Waals surface area (Å²) < 4.78 is 7.53. The Morgan fingerprint density at radius 3 is 2.76 bits per heavy atom. The number of ether oxygens (including phenoxy) is 1. The zero-order valence-corrected chi connectivity index (χ0v) is 17.0. The normalized spacial score (nSPS) is 14.9. The molecule has 4 rings (SSSR count). The SMILES string of the molecule is Cn1ncc2c(NCC(=O)N3CCC(COc4ccc(Cl)cc4)CC3)ncnc21. The third-order valence-corrected chi connectivity index (χ3v) is 5.46. The monoisotopic (exact) mass is 414 g/mol. The molecule has 1 fully saturated rings. The molecule has 152 valence electrons. The van der Waals surface area contributed by atoms with E-state index in [1.807, 2.05) is 36.2 Å². The van der Waals surface area contributed by atoms with Crippen LogP contribution in [0.15, 0.2) is 36.8 Å². The number of nitrogens with one attached hydrogen (secondary N) is 1. The van der Waals surface area contributed by atoms with E-state index in [1.54, 1.807) is 10.9 Å². The van der Waals surface area contributed by atoms with Crippen LogP contribution in [0.25, 0.3) is 11.0 Å². The third kappa shape index (κ3) is 4.59. The Labute approximate surface area is 173 Å². The number of amides is 1. The predicted octanol–water partition coefficient (Wildman–Crippen LogP) is 2.75. The molecule has 2 aromatic heterocycles. The number of hydrogen-bond donors (Lipinski definition) is 1. The van der Waals surface area contributed by atoms with Crippen LogP contribution >= 0.6 is 11.6 Å². The number of nitrogens with zero attached hydrogens (tertiary/aromatic N) is 5.